The van der Waals surface area contributed by atoms with E-state index in [1.54, 1.807) is 6.07 Å². The van der Waals surface area contributed by atoms with Crippen LogP contribution in [-0.2, 0) is 4.79 Å². The number of nitrogens with zero attached hydrogens (tertiary/aromatic N) is 2. The van der Waals surface area contributed by atoms with Crippen LogP contribution in [0.25, 0.3) is 0 Å². The monoisotopic (exact) mass is 303 g/mol. The van der Waals surface area contributed by atoms with E-state index in [0.717, 1.165) is 51.6 Å². The lowest BCUT2D eigenvalue weighted by Crippen LogP contribution is -2.27. The van der Waals surface area contributed by atoms with Crippen molar-refractivity contribution in [1.29, 1.82) is 0 Å². The molecule has 1 amide bonds. The summed E-state index contributed by atoms with van der Waals surface area (Å²) in [5.41, 5.74) is 0.200. The van der Waals surface area contributed by atoms with Gasteiger partial charge in [0.2, 0.25) is 5.91 Å². The molecule has 1 aliphatic carbocycles. The molecule has 6 nitrogen and oxygen atoms in total. The molecule has 0 unspecified atom stereocenters. The van der Waals surface area contributed by atoms with E-state index in [1.807, 2.05) is 4.90 Å². The number of carboxylic acid groups (broad SMARTS) is 1. The fourth-order valence-corrected chi connectivity index (χ4v) is 2.78. The number of rotatable bonds is 4. The number of aromatic carboxylic acids is 1. The molecule has 0 radical (unpaired) electrons. The lowest BCUT2D eigenvalue weighted by Gasteiger charge is -2.23. The van der Waals surface area contributed by atoms with Gasteiger partial charge in [-0.25, -0.2) is 9.78 Å². The first kappa shape index (κ1) is 14.8. The molecule has 3 rings (SSSR count). The molecule has 0 atom stereocenters. The molecule has 0 spiro atoms. The van der Waals surface area contributed by atoms with Gasteiger partial charge in [0.25, 0.3) is 0 Å². The van der Waals surface area contributed by atoms with Crippen molar-refractivity contribution >= 4 is 23.5 Å². The number of carboxylic acids is 1. The van der Waals surface area contributed by atoms with E-state index in [1.165, 1.54) is 6.07 Å². The van der Waals surface area contributed by atoms with Gasteiger partial charge in [0.1, 0.15) is 17.2 Å². The normalized spacial score (nSPS) is 18.6. The largest absolute Gasteiger partial charge is 0.478 e. The van der Waals surface area contributed by atoms with Gasteiger partial charge < -0.3 is 15.3 Å². The maximum absolute atomic E-state index is 11.9. The van der Waals surface area contributed by atoms with Crippen LogP contribution in [0.2, 0.25) is 0 Å². The SMILES string of the molecule is O=C(O)c1ccc(NC(=O)C2CC2)nc1N1CCCCCC1. The third-order valence-corrected chi connectivity index (χ3v) is 4.21. The summed E-state index contributed by atoms with van der Waals surface area (Å²) < 4.78 is 0. The fourth-order valence-electron chi connectivity index (χ4n) is 2.78. The lowest BCUT2D eigenvalue weighted by atomic mass is 10.2. The Bertz CT molecular complexity index is 576. The smallest absolute Gasteiger partial charge is 0.339 e. The molecule has 0 aromatic carbocycles. The highest BCUT2D eigenvalue weighted by molar-refractivity contribution is 5.96. The molecule has 1 aliphatic heterocycles. The number of hydrogen-bond donors (Lipinski definition) is 2. The second kappa shape index (κ2) is 6.34. The number of amides is 1. The van der Waals surface area contributed by atoms with Gasteiger partial charge in [0.05, 0.1) is 0 Å². The van der Waals surface area contributed by atoms with Crippen molar-refractivity contribution in [2.75, 3.05) is 23.3 Å². The second-order valence-corrected chi connectivity index (χ2v) is 6.04. The van der Waals surface area contributed by atoms with E-state index >= 15 is 0 Å². The number of nitrogens with one attached hydrogen (secondary N) is 1. The molecule has 6 heteroatoms. The standard InChI is InChI=1S/C16H21N3O3/c20-15(11-5-6-11)18-13-8-7-12(16(21)22)14(17-13)19-9-3-1-2-4-10-19/h7-8,11H,1-6,9-10H2,(H,21,22)(H,17,18,20). The number of aromatic nitrogens is 1. The molecule has 22 heavy (non-hydrogen) atoms. The predicted octanol–water partition coefficient (Wildman–Crippen LogP) is 2.51. The van der Waals surface area contributed by atoms with Crippen molar-refractivity contribution in [3.05, 3.63) is 17.7 Å². The Balaban J connectivity index is 1.85. The average Bonchev–Trinajstić information content (AvgIpc) is 3.33. The van der Waals surface area contributed by atoms with Crippen LogP contribution >= 0.6 is 0 Å². The molecular weight excluding hydrogens is 282 g/mol. The summed E-state index contributed by atoms with van der Waals surface area (Å²) in [5, 5.41) is 12.2. The molecule has 0 bridgehead atoms. The van der Waals surface area contributed by atoms with Crippen molar-refractivity contribution < 1.29 is 14.7 Å². The Morgan fingerprint density at radius 1 is 1.14 bits per heavy atom. The van der Waals surface area contributed by atoms with E-state index in [-0.39, 0.29) is 17.4 Å². The summed E-state index contributed by atoms with van der Waals surface area (Å²) >= 11 is 0. The second-order valence-electron chi connectivity index (χ2n) is 6.04. The summed E-state index contributed by atoms with van der Waals surface area (Å²) in [6.45, 7) is 1.63. The van der Waals surface area contributed by atoms with E-state index in [0.29, 0.717) is 11.6 Å². The fraction of sp³-hybridized carbons (Fsp3) is 0.562. The summed E-state index contributed by atoms with van der Waals surface area (Å²) in [5.74, 6) is 0.0240. The number of pyridine rings is 1. The van der Waals surface area contributed by atoms with Crippen LogP contribution in [0.5, 0.6) is 0 Å². The van der Waals surface area contributed by atoms with Crippen LogP contribution < -0.4 is 10.2 Å². The van der Waals surface area contributed by atoms with Crippen LogP contribution in [0.15, 0.2) is 12.1 Å². The summed E-state index contributed by atoms with van der Waals surface area (Å²) in [7, 11) is 0. The quantitative estimate of drug-likeness (QED) is 0.893. The van der Waals surface area contributed by atoms with Gasteiger partial charge in [0, 0.05) is 19.0 Å². The van der Waals surface area contributed by atoms with Gasteiger partial charge >= 0.3 is 5.97 Å². The molecule has 1 saturated heterocycles. The van der Waals surface area contributed by atoms with Crippen LogP contribution in [0.1, 0.15) is 48.9 Å². The van der Waals surface area contributed by atoms with Crippen LogP contribution in [0.3, 0.4) is 0 Å². The zero-order valence-electron chi connectivity index (χ0n) is 12.5. The average molecular weight is 303 g/mol. The minimum atomic E-state index is -0.980. The molecule has 1 aromatic heterocycles. The Labute approximate surface area is 129 Å². The summed E-state index contributed by atoms with van der Waals surface area (Å²) in [6, 6.07) is 3.11. The van der Waals surface area contributed by atoms with E-state index in [9.17, 15) is 14.7 Å². The Kier molecular flexibility index (Phi) is 4.27. The zero-order valence-corrected chi connectivity index (χ0v) is 12.5. The van der Waals surface area contributed by atoms with Crippen molar-refractivity contribution in [2.24, 2.45) is 5.92 Å². The lowest BCUT2D eigenvalue weighted by molar-refractivity contribution is -0.117. The minimum Gasteiger partial charge on any atom is -0.478 e. The van der Waals surface area contributed by atoms with Gasteiger partial charge in [-0.15, -0.1) is 0 Å². The van der Waals surface area contributed by atoms with Crippen molar-refractivity contribution in [2.45, 2.75) is 38.5 Å². The van der Waals surface area contributed by atoms with Gasteiger partial charge in [-0.05, 0) is 37.8 Å². The number of carbonyl (C=O) groups is 2. The first-order valence-corrected chi connectivity index (χ1v) is 7.95. The van der Waals surface area contributed by atoms with E-state index in [2.05, 4.69) is 10.3 Å². The van der Waals surface area contributed by atoms with Gasteiger partial charge in [0.15, 0.2) is 0 Å². The highest BCUT2D eigenvalue weighted by Crippen LogP contribution is 2.30. The molecule has 2 fully saturated rings. The molecule has 1 saturated carbocycles. The topological polar surface area (TPSA) is 82.5 Å². The van der Waals surface area contributed by atoms with Gasteiger partial charge in [-0.1, -0.05) is 12.8 Å². The third-order valence-electron chi connectivity index (χ3n) is 4.21. The first-order valence-electron chi connectivity index (χ1n) is 7.95. The van der Waals surface area contributed by atoms with Crippen LogP contribution in [-0.4, -0.2) is 35.1 Å². The Morgan fingerprint density at radius 2 is 1.82 bits per heavy atom. The molecule has 2 N–H and O–H groups in total. The third kappa shape index (κ3) is 3.37. The predicted molar refractivity (Wildman–Crippen MR) is 83.2 cm³/mol. The van der Waals surface area contributed by atoms with E-state index < -0.39 is 5.97 Å². The number of carbonyl (C=O) groups excluding carboxylic acids is 1. The Morgan fingerprint density at radius 3 is 2.41 bits per heavy atom. The first-order chi connectivity index (χ1) is 10.6. The van der Waals surface area contributed by atoms with Crippen molar-refractivity contribution in [3.63, 3.8) is 0 Å². The van der Waals surface area contributed by atoms with E-state index in [4.69, 9.17) is 0 Å². The number of hydrogen-bond acceptors (Lipinski definition) is 4. The highest BCUT2D eigenvalue weighted by atomic mass is 16.4. The molecule has 118 valence electrons. The van der Waals surface area contributed by atoms with Crippen molar-refractivity contribution in [1.82, 2.24) is 4.98 Å². The molecular formula is C16H21N3O3. The summed E-state index contributed by atoms with van der Waals surface area (Å²) in [6.07, 6.45) is 6.27. The minimum absolute atomic E-state index is 0.0163. The summed E-state index contributed by atoms with van der Waals surface area (Å²) in [4.78, 5) is 29.8. The molecule has 1 aromatic rings. The molecule has 2 heterocycles. The molecule has 2 aliphatic rings. The van der Waals surface area contributed by atoms with Crippen molar-refractivity contribution in [3.8, 4) is 0 Å². The van der Waals surface area contributed by atoms with Gasteiger partial charge in [-0.3, -0.25) is 4.79 Å². The van der Waals surface area contributed by atoms with Crippen LogP contribution in [0, 0.1) is 5.92 Å². The zero-order chi connectivity index (χ0) is 15.5. The van der Waals surface area contributed by atoms with Gasteiger partial charge in [-0.2, -0.15) is 0 Å². The highest BCUT2D eigenvalue weighted by Gasteiger charge is 2.30. The number of anilines is 2. The Hall–Kier alpha value is -2.11. The maximum Gasteiger partial charge on any atom is 0.339 e. The van der Waals surface area contributed by atoms with Crippen LogP contribution in [0.4, 0.5) is 11.6 Å². The maximum atomic E-state index is 11.9.